The van der Waals surface area contributed by atoms with Gasteiger partial charge >= 0.3 is 0 Å². The summed E-state index contributed by atoms with van der Waals surface area (Å²) < 4.78 is 5.73. The van der Waals surface area contributed by atoms with E-state index in [2.05, 4.69) is 26.0 Å². The van der Waals surface area contributed by atoms with E-state index in [4.69, 9.17) is 16.3 Å². The monoisotopic (exact) mass is 321 g/mol. The number of carbonyl (C=O) groups is 1. The van der Waals surface area contributed by atoms with E-state index in [9.17, 15) is 4.79 Å². The average molecular weight is 322 g/mol. The molecule has 2 fully saturated rings. The van der Waals surface area contributed by atoms with Crippen LogP contribution in [0.1, 0.15) is 44.6 Å². The molecule has 2 unspecified atom stereocenters. The molecule has 3 nitrogen and oxygen atoms in total. The number of likely N-dealkylation sites (tertiary alicyclic amines) is 1. The smallest absolute Gasteiger partial charge is 0.225 e. The minimum absolute atomic E-state index is 0.118. The number of amides is 1. The van der Waals surface area contributed by atoms with Crippen molar-refractivity contribution in [3.63, 3.8) is 0 Å². The van der Waals surface area contributed by atoms with Gasteiger partial charge in [-0.05, 0) is 50.8 Å². The summed E-state index contributed by atoms with van der Waals surface area (Å²) in [6.45, 7) is 6.54. The molecule has 0 bridgehead atoms. The maximum absolute atomic E-state index is 12.8. The van der Waals surface area contributed by atoms with Crippen molar-refractivity contribution in [3.8, 4) is 0 Å². The molecular weight excluding hydrogens is 298 g/mol. The van der Waals surface area contributed by atoms with Gasteiger partial charge in [0.1, 0.15) is 0 Å². The first kappa shape index (κ1) is 15.8. The Labute approximate surface area is 137 Å². The Bertz CT molecular complexity index is 541. The molecule has 2 atom stereocenters. The van der Waals surface area contributed by atoms with Gasteiger partial charge in [0.15, 0.2) is 0 Å². The molecule has 2 heterocycles. The standard InChI is InChI=1S/C18H24ClNO2/c1-18(2)11-14(8-10-22-18)17(21)20-9-7-15(12-20)13-3-5-16(19)6-4-13/h3-6,14-15H,7-12H2,1-2H3. The Kier molecular flexibility index (Phi) is 4.47. The van der Waals surface area contributed by atoms with Crippen molar-refractivity contribution < 1.29 is 9.53 Å². The Morgan fingerprint density at radius 1 is 1.27 bits per heavy atom. The minimum atomic E-state index is -0.173. The van der Waals surface area contributed by atoms with E-state index >= 15 is 0 Å². The number of ether oxygens (including phenoxy) is 1. The second-order valence-corrected chi connectivity index (χ2v) is 7.56. The lowest BCUT2D eigenvalue weighted by Gasteiger charge is -2.36. The molecule has 4 heteroatoms. The summed E-state index contributed by atoms with van der Waals surface area (Å²) in [5.74, 6) is 0.870. The maximum Gasteiger partial charge on any atom is 0.225 e. The van der Waals surface area contributed by atoms with Crippen LogP contribution >= 0.6 is 11.6 Å². The topological polar surface area (TPSA) is 29.5 Å². The zero-order valence-corrected chi connectivity index (χ0v) is 14.1. The fourth-order valence-corrected chi connectivity index (χ4v) is 3.79. The quantitative estimate of drug-likeness (QED) is 0.827. The molecule has 22 heavy (non-hydrogen) atoms. The first-order chi connectivity index (χ1) is 10.4. The van der Waals surface area contributed by atoms with E-state index in [0.29, 0.717) is 18.4 Å². The summed E-state index contributed by atoms with van der Waals surface area (Å²) in [5.41, 5.74) is 1.11. The molecule has 1 aromatic carbocycles. The summed E-state index contributed by atoms with van der Waals surface area (Å²) in [4.78, 5) is 14.8. The Morgan fingerprint density at radius 3 is 2.68 bits per heavy atom. The number of rotatable bonds is 2. The van der Waals surface area contributed by atoms with Crippen LogP contribution in [0.2, 0.25) is 5.02 Å². The third kappa shape index (κ3) is 3.47. The molecule has 0 aliphatic carbocycles. The number of benzene rings is 1. The van der Waals surface area contributed by atoms with Crippen molar-refractivity contribution in [1.29, 1.82) is 0 Å². The molecule has 1 amide bonds. The predicted octanol–water partition coefficient (Wildman–Crippen LogP) is 3.86. The van der Waals surface area contributed by atoms with Crippen molar-refractivity contribution in [2.24, 2.45) is 5.92 Å². The van der Waals surface area contributed by atoms with Crippen LogP contribution in [0.3, 0.4) is 0 Å². The molecular formula is C18H24ClNO2. The molecule has 120 valence electrons. The molecule has 3 rings (SSSR count). The SMILES string of the molecule is CC1(C)CC(C(=O)N2CCC(c3ccc(Cl)cc3)C2)CCO1. The highest BCUT2D eigenvalue weighted by Crippen LogP contribution is 2.33. The summed E-state index contributed by atoms with van der Waals surface area (Å²) >= 11 is 5.95. The molecule has 0 N–H and O–H groups in total. The van der Waals surface area contributed by atoms with Crippen molar-refractivity contribution in [3.05, 3.63) is 34.9 Å². The van der Waals surface area contributed by atoms with Gasteiger partial charge in [-0.15, -0.1) is 0 Å². The summed E-state index contributed by atoms with van der Waals surface area (Å²) in [5, 5.41) is 0.763. The first-order valence-corrected chi connectivity index (χ1v) is 8.51. The van der Waals surface area contributed by atoms with Crippen LogP contribution in [-0.4, -0.2) is 36.1 Å². The van der Waals surface area contributed by atoms with Crippen molar-refractivity contribution in [2.45, 2.75) is 44.6 Å². The fraction of sp³-hybridized carbons (Fsp3) is 0.611. The van der Waals surface area contributed by atoms with Crippen LogP contribution in [0.5, 0.6) is 0 Å². The lowest BCUT2D eigenvalue weighted by atomic mass is 9.87. The summed E-state index contributed by atoms with van der Waals surface area (Å²) in [7, 11) is 0. The van der Waals surface area contributed by atoms with E-state index in [0.717, 1.165) is 37.4 Å². The normalized spacial score (nSPS) is 27.9. The van der Waals surface area contributed by atoms with Gasteiger partial charge in [-0.1, -0.05) is 23.7 Å². The number of hydrogen-bond donors (Lipinski definition) is 0. The van der Waals surface area contributed by atoms with Gasteiger partial charge in [0.05, 0.1) is 5.60 Å². The van der Waals surface area contributed by atoms with Gasteiger partial charge in [-0.2, -0.15) is 0 Å². The molecule has 0 aromatic heterocycles. The molecule has 0 saturated carbocycles. The van der Waals surface area contributed by atoms with Gasteiger partial charge in [0, 0.05) is 36.6 Å². The van der Waals surface area contributed by atoms with E-state index in [1.54, 1.807) is 0 Å². The van der Waals surface area contributed by atoms with Crippen LogP contribution < -0.4 is 0 Å². The minimum Gasteiger partial charge on any atom is -0.376 e. The molecule has 0 radical (unpaired) electrons. The van der Waals surface area contributed by atoms with Gasteiger partial charge < -0.3 is 9.64 Å². The van der Waals surface area contributed by atoms with Crippen molar-refractivity contribution in [1.82, 2.24) is 4.90 Å². The Morgan fingerprint density at radius 2 is 2.00 bits per heavy atom. The Hall–Kier alpha value is -1.06. The third-order valence-corrected chi connectivity index (χ3v) is 5.14. The highest BCUT2D eigenvalue weighted by Gasteiger charge is 2.37. The van der Waals surface area contributed by atoms with E-state index in [1.165, 1.54) is 5.56 Å². The number of hydrogen-bond acceptors (Lipinski definition) is 2. The number of nitrogens with zero attached hydrogens (tertiary/aromatic N) is 1. The van der Waals surface area contributed by atoms with Crippen LogP contribution in [0.25, 0.3) is 0 Å². The lowest BCUT2D eigenvalue weighted by Crippen LogP contribution is -2.42. The molecule has 2 aliphatic rings. The number of halogens is 1. The van der Waals surface area contributed by atoms with Crippen LogP contribution in [0, 0.1) is 5.92 Å². The molecule has 1 aromatic rings. The van der Waals surface area contributed by atoms with E-state index in [-0.39, 0.29) is 11.5 Å². The largest absolute Gasteiger partial charge is 0.376 e. The zero-order valence-electron chi connectivity index (χ0n) is 13.3. The highest BCUT2D eigenvalue weighted by atomic mass is 35.5. The summed E-state index contributed by atoms with van der Waals surface area (Å²) in [6.07, 6.45) is 2.72. The van der Waals surface area contributed by atoms with E-state index in [1.807, 2.05) is 17.0 Å². The third-order valence-electron chi connectivity index (χ3n) is 4.89. The van der Waals surface area contributed by atoms with Gasteiger partial charge in [0.2, 0.25) is 5.91 Å². The highest BCUT2D eigenvalue weighted by molar-refractivity contribution is 6.30. The second-order valence-electron chi connectivity index (χ2n) is 7.12. The summed E-state index contributed by atoms with van der Waals surface area (Å²) in [6, 6.07) is 8.03. The average Bonchev–Trinajstić information content (AvgIpc) is 2.96. The first-order valence-electron chi connectivity index (χ1n) is 8.13. The predicted molar refractivity (Wildman–Crippen MR) is 88.1 cm³/mol. The zero-order chi connectivity index (χ0) is 15.7. The second kappa shape index (κ2) is 6.21. The maximum atomic E-state index is 12.8. The van der Waals surface area contributed by atoms with E-state index < -0.39 is 0 Å². The number of carbonyl (C=O) groups excluding carboxylic acids is 1. The van der Waals surface area contributed by atoms with Crippen molar-refractivity contribution >= 4 is 17.5 Å². The molecule has 0 spiro atoms. The van der Waals surface area contributed by atoms with Gasteiger partial charge in [-0.25, -0.2) is 0 Å². The van der Waals surface area contributed by atoms with Gasteiger partial charge in [-0.3, -0.25) is 4.79 Å². The lowest BCUT2D eigenvalue weighted by molar-refractivity contribution is -0.144. The van der Waals surface area contributed by atoms with Crippen LogP contribution in [-0.2, 0) is 9.53 Å². The van der Waals surface area contributed by atoms with Crippen LogP contribution in [0.4, 0.5) is 0 Å². The van der Waals surface area contributed by atoms with Crippen LogP contribution in [0.15, 0.2) is 24.3 Å². The molecule has 2 aliphatic heterocycles. The fourth-order valence-electron chi connectivity index (χ4n) is 3.67. The van der Waals surface area contributed by atoms with Crippen molar-refractivity contribution in [2.75, 3.05) is 19.7 Å². The van der Waals surface area contributed by atoms with Gasteiger partial charge in [0.25, 0.3) is 0 Å². The Balaban J connectivity index is 1.62. The molecule has 2 saturated heterocycles.